The van der Waals surface area contributed by atoms with E-state index in [0.29, 0.717) is 18.0 Å². The highest BCUT2D eigenvalue weighted by atomic mass is 32.2. The van der Waals surface area contributed by atoms with Crippen LogP contribution in [0.4, 0.5) is 0 Å². The van der Waals surface area contributed by atoms with Crippen molar-refractivity contribution >= 4 is 10.0 Å². The predicted octanol–water partition coefficient (Wildman–Crippen LogP) is 0.171. The highest BCUT2D eigenvalue weighted by molar-refractivity contribution is 7.89. The molecule has 0 saturated carbocycles. The highest BCUT2D eigenvalue weighted by Crippen LogP contribution is 2.14. The maximum absolute atomic E-state index is 12.6. The molecule has 0 radical (unpaired) electrons. The lowest BCUT2D eigenvalue weighted by molar-refractivity contribution is -0.917. The minimum absolute atomic E-state index is 0.378. The Morgan fingerprint density at radius 3 is 2.32 bits per heavy atom. The van der Waals surface area contributed by atoms with Gasteiger partial charge in [-0.05, 0) is 24.3 Å². The van der Waals surface area contributed by atoms with Crippen molar-refractivity contribution in [2.75, 3.05) is 26.2 Å². The summed E-state index contributed by atoms with van der Waals surface area (Å²) in [4.78, 5) is 6.09. The lowest BCUT2D eigenvalue weighted by Gasteiger charge is -2.31. The number of sulfonamides is 1. The Labute approximate surface area is 131 Å². The lowest BCUT2D eigenvalue weighted by atomic mass is 10.3. The van der Waals surface area contributed by atoms with E-state index in [1.54, 1.807) is 34.8 Å². The average molecular weight is 318 g/mol. The fourth-order valence-electron chi connectivity index (χ4n) is 2.72. The first kappa shape index (κ1) is 15.1. The molecule has 2 heterocycles. The Kier molecular flexibility index (Phi) is 4.52. The first-order valence-electron chi connectivity index (χ1n) is 7.45. The van der Waals surface area contributed by atoms with Crippen molar-refractivity contribution in [3.05, 3.63) is 60.4 Å². The Morgan fingerprint density at radius 1 is 1.00 bits per heavy atom. The third kappa shape index (κ3) is 3.35. The van der Waals surface area contributed by atoms with Crippen molar-refractivity contribution in [1.82, 2.24) is 9.29 Å². The zero-order chi connectivity index (χ0) is 15.4. The number of nitrogens with one attached hydrogen (secondary N) is 1. The molecule has 3 rings (SSSR count). The second-order valence-corrected chi connectivity index (χ2v) is 7.40. The number of piperazine rings is 1. The van der Waals surface area contributed by atoms with E-state index in [1.165, 1.54) is 4.90 Å². The summed E-state index contributed by atoms with van der Waals surface area (Å²) in [6.07, 6.45) is 1.80. The maximum Gasteiger partial charge on any atom is 0.243 e. The van der Waals surface area contributed by atoms with Crippen LogP contribution in [0.2, 0.25) is 0 Å². The molecule has 0 amide bonds. The first-order chi connectivity index (χ1) is 10.7. The molecule has 1 saturated heterocycles. The molecule has 0 unspecified atom stereocenters. The van der Waals surface area contributed by atoms with Gasteiger partial charge in [0.05, 0.1) is 36.8 Å². The summed E-state index contributed by atoms with van der Waals surface area (Å²) in [6.45, 7) is 3.57. The van der Waals surface area contributed by atoms with E-state index in [9.17, 15) is 8.42 Å². The fraction of sp³-hybridized carbons (Fsp3) is 0.312. The Hall–Kier alpha value is -1.76. The third-order valence-corrected chi connectivity index (χ3v) is 5.88. The van der Waals surface area contributed by atoms with E-state index in [4.69, 9.17) is 0 Å². The second-order valence-electron chi connectivity index (χ2n) is 5.46. The van der Waals surface area contributed by atoms with Gasteiger partial charge in [-0.2, -0.15) is 4.31 Å². The molecule has 0 atom stereocenters. The Balaban J connectivity index is 1.62. The molecule has 1 fully saturated rings. The lowest BCUT2D eigenvalue weighted by Crippen LogP contribution is -3.13. The van der Waals surface area contributed by atoms with Crippen molar-refractivity contribution in [3.63, 3.8) is 0 Å². The fourth-order valence-corrected chi connectivity index (χ4v) is 4.18. The molecule has 0 bridgehead atoms. The van der Waals surface area contributed by atoms with Crippen molar-refractivity contribution in [2.45, 2.75) is 11.4 Å². The smallest absolute Gasteiger partial charge is 0.243 e. The number of hydrogen-bond acceptors (Lipinski definition) is 3. The molecule has 1 aliphatic heterocycles. The van der Waals surface area contributed by atoms with Crippen LogP contribution in [0.3, 0.4) is 0 Å². The van der Waals surface area contributed by atoms with Crippen LogP contribution in [0.15, 0.2) is 59.6 Å². The summed E-state index contributed by atoms with van der Waals surface area (Å²) < 4.78 is 26.7. The molecule has 6 heteroatoms. The molecule has 22 heavy (non-hydrogen) atoms. The normalized spacial score (nSPS) is 17.5. The van der Waals surface area contributed by atoms with Gasteiger partial charge in [0.25, 0.3) is 0 Å². The van der Waals surface area contributed by atoms with Crippen molar-refractivity contribution < 1.29 is 13.3 Å². The van der Waals surface area contributed by atoms with Gasteiger partial charge in [-0.15, -0.1) is 0 Å². The van der Waals surface area contributed by atoms with Gasteiger partial charge in [-0.3, -0.25) is 4.98 Å². The van der Waals surface area contributed by atoms with Crippen LogP contribution in [-0.4, -0.2) is 43.9 Å². The first-order valence-corrected chi connectivity index (χ1v) is 8.89. The van der Waals surface area contributed by atoms with E-state index in [-0.39, 0.29) is 0 Å². The average Bonchev–Trinajstić information content (AvgIpc) is 2.57. The van der Waals surface area contributed by atoms with E-state index < -0.39 is 10.0 Å². The zero-order valence-electron chi connectivity index (χ0n) is 12.4. The van der Waals surface area contributed by atoms with Gasteiger partial charge in [0.2, 0.25) is 10.0 Å². The number of hydrogen-bond donors (Lipinski definition) is 1. The molecule has 2 aromatic rings. The van der Waals surface area contributed by atoms with Crippen molar-refractivity contribution in [1.29, 1.82) is 0 Å². The van der Waals surface area contributed by atoms with Crippen LogP contribution in [-0.2, 0) is 16.6 Å². The van der Waals surface area contributed by atoms with Crippen LogP contribution in [0, 0.1) is 0 Å². The van der Waals surface area contributed by atoms with Crippen molar-refractivity contribution in [3.8, 4) is 0 Å². The molecule has 0 spiro atoms. The van der Waals surface area contributed by atoms with E-state index in [2.05, 4.69) is 4.98 Å². The van der Waals surface area contributed by atoms with Crippen LogP contribution < -0.4 is 4.90 Å². The SMILES string of the molecule is O=S(=O)(c1ccccc1)N1CC[NH+](Cc2ccccn2)CC1. The summed E-state index contributed by atoms with van der Waals surface area (Å²) in [5, 5.41) is 0. The Bertz CT molecular complexity index is 697. The molecule has 0 aliphatic carbocycles. The van der Waals surface area contributed by atoms with E-state index in [1.807, 2.05) is 24.3 Å². The van der Waals surface area contributed by atoms with Gasteiger partial charge in [0, 0.05) is 6.20 Å². The standard InChI is InChI=1S/C16H19N3O2S/c20-22(21,16-7-2-1-3-8-16)19-12-10-18(11-13-19)14-15-6-4-5-9-17-15/h1-9H,10-14H2/p+1. The molecule has 1 aliphatic rings. The van der Waals surface area contributed by atoms with Gasteiger partial charge < -0.3 is 4.90 Å². The third-order valence-electron chi connectivity index (χ3n) is 3.97. The molecule has 1 aromatic carbocycles. The highest BCUT2D eigenvalue weighted by Gasteiger charge is 2.30. The van der Waals surface area contributed by atoms with Gasteiger partial charge in [-0.25, -0.2) is 8.42 Å². The van der Waals surface area contributed by atoms with Gasteiger partial charge in [0.15, 0.2) is 0 Å². The number of benzene rings is 1. The largest absolute Gasteiger partial charge is 0.328 e. The Morgan fingerprint density at radius 2 is 1.68 bits per heavy atom. The summed E-state index contributed by atoms with van der Waals surface area (Å²) in [7, 11) is -3.35. The predicted molar refractivity (Wildman–Crippen MR) is 83.8 cm³/mol. The number of pyridine rings is 1. The number of nitrogens with zero attached hydrogens (tertiary/aromatic N) is 2. The topological polar surface area (TPSA) is 54.7 Å². The van der Waals surface area contributed by atoms with Gasteiger partial charge in [0.1, 0.15) is 6.54 Å². The molecule has 1 N–H and O–H groups in total. The monoisotopic (exact) mass is 318 g/mol. The van der Waals surface area contributed by atoms with Gasteiger partial charge >= 0.3 is 0 Å². The second kappa shape index (κ2) is 6.56. The van der Waals surface area contributed by atoms with Crippen LogP contribution in [0.5, 0.6) is 0 Å². The number of quaternary nitrogens is 1. The van der Waals surface area contributed by atoms with Gasteiger partial charge in [-0.1, -0.05) is 24.3 Å². The summed E-state index contributed by atoms with van der Waals surface area (Å²) in [5.74, 6) is 0. The molecular weight excluding hydrogens is 298 g/mol. The van der Waals surface area contributed by atoms with E-state index >= 15 is 0 Å². The van der Waals surface area contributed by atoms with Crippen LogP contribution in [0.1, 0.15) is 5.69 Å². The molecule has 5 nitrogen and oxygen atoms in total. The van der Waals surface area contributed by atoms with Crippen LogP contribution >= 0.6 is 0 Å². The van der Waals surface area contributed by atoms with Crippen LogP contribution in [0.25, 0.3) is 0 Å². The van der Waals surface area contributed by atoms with Crippen molar-refractivity contribution in [2.24, 2.45) is 0 Å². The zero-order valence-corrected chi connectivity index (χ0v) is 13.2. The molecular formula is C16H20N3O2S+. The minimum atomic E-state index is -3.35. The maximum atomic E-state index is 12.6. The van der Waals surface area contributed by atoms with E-state index in [0.717, 1.165) is 25.3 Å². The number of aromatic nitrogens is 1. The number of rotatable bonds is 4. The molecule has 1 aromatic heterocycles. The quantitative estimate of drug-likeness (QED) is 0.874. The summed E-state index contributed by atoms with van der Waals surface area (Å²) in [6, 6.07) is 14.6. The summed E-state index contributed by atoms with van der Waals surface area (Å²) in [5.41, 5.74) is 1.05. The summed E-state index contributed by atoms with van der Waals surface area (Å²) >= 11 is 0. The minimum Gasteiger partial charge on any atom is -0.328 e. The molecule has 116 valence electrons.